The van der Waals surface area contributed by atoms with E-state index < -0.39 is 0 Å². The molecule has 30 heavy (non-hydrogen) atoms. The van der Waals surface area contributed by atoms with Gasteiger partial charge in [0.1, 0.15) is 17.7 Å². The lowest BCUT2D eigenvalue weighted by Crippen LogP contribution is -2.39. The van der Waals surface area contributed by atoms with E-state index in [-0.39, 0.29) is 11.8 Å². The van der Waals surface area contributed by atoms with Crippen molar-refractivity contribution in [1.82, 2.24) is 25.0 Å². The molecule has 0 amide bonds. The fourth-order valence-electron chi connectivity index (χ4n) is 3.55. The second kappa shape index (κ2) is 10.8. The van der Waals surface area contributed by atoms with E-state index in [1.54, 1.807) is 4.68 Å². The third kappa shape index (κ3) is 6.11. The smallest absolute Gasteiger partial charge is 0.345 e. The van der Waals surface area contributed by atoms with Crippen molar-refractivity contribution in [3.8, 4) is 5.75 Å². The van der Waals surface area contributed by atoms with Crippen molar-refractivity contribution in [2.24, 2.45) is 4.99 Å². The van der Waals surface area contributed by atoms with Crippen LogP contribution in [0.25, 0.3) is 0 Å². The molecule has 0 saturated heterocycles. The first-order valence-electron chi connectivity index (χ1n) is 11.0. The van der Waals surface area contributed by atoms with Crippen LogP contribution in [0.4, 0.5) is 0 Å². The maximum Gasteiger partial charge on any atom is 0.345 e. The van der Waals surface area contributed by atoms with Crippen molar-refractivity contribution < 1.29 is 4.74 Å². The summed E-state index contributed by atoms with van der Waals surface area (Å²) in [5.74, 6) is 2.55. The summed E-state index contributed by atoms with van der Waals surface area (Å²) in [7, 11) is 0. The normalized spacial score (nSPS) is 14.8. The van der Waals surface area contributed by atoms with E-state index in [1.165, 1.54) is 5.56 Å². The van der Waals surface area contributed by atoms with Gasteiger partial charge in [0.05, 0.1) is 6.54 Å². The fraction of sp³-hybridized carbons (Fsp3) is 0.591. The molecule has 2 aromatic rings. The number of aromatic nitrogens is 3. The molecular formula is C22H34N6O2. The van der Waals surface area contributed by atoms with Crippen LogP contribution in [0.15, 0.2) is 34.1 Å². The maximum atomic E-state index is 12.4. The van der Waals surface area contributed by atoms with E-state index in [2.05, 4.69) is 33.7 Å². The number of aryl methyl sites for hydroxylation is 3. The van der Waals surface area contributed by atoms with Crippen LogP contribution in [0.1, 0.15) is 44.5 Å². The summed E-state index contributed by atoms with van der Waals surface area (Å²) in [5.41, 5.74) is 1.20. The molecule has 164 valence electrons. The van der Waals surface area contributed by atoms with Crippen LogP contribution in [0.3, 0.4) is 0 Å². The van der Waals surface area contributed by atoms with Crippen molar-refractivity contribution in [2.45, 2.75) is 65.6 Å². The third-order valence-corrected chi connectivity index (χ3v) is 5.05. The van der Waals surface area contributed by atoms with Crippen LogP contribution in [-0.4, -0.2) is 46.0 Å². The minimum Gasteiger partial charge on any atom is -0.489 e. The van der Waals surface area contributed by atoms with Gasteiger partial charge in [-0.25, -0.2) is 14.5 Å². The van der Waals surface area contributed by atoms with Crippen molar-refractivity contribution >= 4 is 5.96 Å². The monoisotopic (exact) mass is 414 g/mol. The van der Waals surface area contributed by atoms with E-state index in [9.17, 15) is 4.79 Å². The second-order valence-corrected chi connectivity index (χ2v) is 7.78. The number of ether oxygens (including phenoxy) is 1. The maximum absolute atomic E-state index is 12.4. The Bertz CT molecular complexity index is 901. The Balaban J connectivity index is 1.45. The number of hydrogen-bond donors (Lipinski definition) is 2. The van der Waals surface area contributed by atoms with E-state index in [0.29, 0.717) is 19.6 Å². The molecule has 1 aromatic heterocycles. The van der Waals surface area contributed by atoms with Gasteiger partial charge in [-0.2, -0.15) is 5.10 Å². The molecule has 0 aliphatic carbocycles. The van der Waals surface area contributed by atoms with E-state index in [0.717, 1.165) is 56.3 Å². The van der Waals surface area contributed by atoms with Crippen LogP contribution in [0, 0.1) is 6.92 Å². The predicted octanol–water partition coefficient (Wildman–Crippen LogP) is 2.10. The van der Waals surface area contributed by atoms with Crippen LogP contribution in [0.5, 0.6) is 5.75 Å². The Labute approximate surface area is 178 Å². The van der Waals surface area contributed by atoms with Gasteiger partial charge < -0.3 is 15.4 Å². The summed E-state index contributed by atoms with van der Waals surface area (Å²) < 4.78 is 9.37. The largest absolute Gasteiger partial charge is 0.489 e. The molecule has 1 aliphatic heterocycles. The van der Waals surface area contributed by atoms with Gasteiger partial charge in [-0.1, -0.05) is 12.1 Å². The van der Waals surface area contributed by atoms with Gasteiger partial charge in [0.15, 0.2) is 5.96 Å². The molecule has 8 heteroatoms. The number of nitrogens with zero attached hydrogens (tertiary/aromatic N) is 4. The Morgan fingerprint density at radius 3 is 2.97 bits per heavy atom. The molecule has 3 rings (SSSR count). The van der Waals surface area contributed by atoms with Crippen molar-refractivity contribution in [1.29, 1.82) is 0 Å². The highest BCUT2D eigenvalue weighted by atomic mass is 16.5. The highest BCUT2D eigenvalue weighted by Crippen LogP contribution is 2.14. The van der Waals surface area contributed by atoms with E-state index in [4.69, 9.17) is 4.74 Å². The van der Waals surface area contributed by atoms with Crippen LogP contribution in [0.2, 0.25) is 0 Å². The van der Waals surface area contributed by atoms with Crippen molar-refractivity contribution in [2.75, 3.05) is 19.6 Å². The Morgan fingerprint density at radius 1 is 1.33 bits per heavy atom. The van der Waals surface area contributed by atoms with Gasteiger partial charge >= 0.3 is 5.69 Å². The molecule has 0 spiro atoms. The number of hydrogen-bond acceptors (Lipinski definition) is 4. The average Bonchev–Trinajstić information content (AvgIpc) is 3.05. The van der Waals surface area contributed by atoms with Crippen LogP contribution >= 0.6 is 0 Å². The molecule has 1 aliphatic rings. The molecule has 0 radical (unpaired) electrons. The minimum absolute atomic E-state index is 0.0207. The zero-order valence-corrected chi connectivity index (χ0v) is 18.4. The van der Waals surface area contributed by atoms with E-state index >= 15 is 0 Å². The first kappa shape index (κ1) is 21.9. The number of nitrogens with one attached hydrogen (secondary N) is 2. The first-order valence-corrected chi connectivity index (χ1v) is 11.0. The molecule has 0 saturated carbocycles. The molecule has 0 fully saturated rings. The number of aliphatic imine (C=N–C) groups is 1. The summed E-state index contributed by atoms with van der Waals surface area (Å²) in [4.78, 5) is 17.0. The molecule has 0 bridgehead atoms. The lowest BCUT2D eigenvalue weighted by Gasteiger charge is -2.15. The number of fused-ring (bicyclic) bond motifs is 1. The predicted molar refractivity (Wildman–Crippen MR) is 119 cm³/mol. The van der Waals surface area contributed by atoms with Gasteiger partial charge in [-0.3, -0.25) is 4.57 Å². The number of benzene rings is 1. The summed E-state index contributed by atoms with van der Waals surface area (Å²) in [6, 6.07) is 8.04. The molecule has 2 heterocycles. The van der Waals surface area contributed by atoms with Gasteiger partial charge in [0, 0.05) is 32.6 Å². The SMILES string of the molecule is CCNC(=NCC(C)Oc1cccc(C)c1)NCCCn1nc2n(c1=O)CCCC2. The standard InChI is InChI=1S/C22H34N6O2/c1-4-23-21(25-16-18(3)30-19-10-7-9-17(2)15-19)24-12-8-14-28-22(29)27-13-6-5-11-20(27)26-28/h7,9-10,15,18H,4-6,8,11-14,16H2,1-3H3,(H2,23,24,25). The topological polar surface area (TPSA) is 85.5 Å². The molecule has 1 atom stereocenters. The van der Waals surface area contributed by atoms with E-state index in [1.807, 2.05) is 36.6 Å². The van der Waals surface area contributed by atoms with Crippen LogP contribution < -0.4 is 21.1 Å². The number of guanidine groups is 1. The third-order valence-electron chi connectivity index (χ3n) is 5.05. The summed E-state index contributed by atoms with van der Waals surface area (Å²) >= 11 is 0. The highest BCUT2D eigenvalue weighted by molar-refractivity contribution is 5.79. The minimum atomic E-state index is -0.0299. The quantitative estimate of drug-likeness (QED) is 0.373. The molecule has 1 aromatic carbocycles. The molecule has 1 unspecified atom stereocenters. The van der Waals surface area contributed by atoms with Gasteiger partial charge in [0.2, 0.25) is 0 Å². The average molecular weight is 415 g/mol. The molecule has 8 nitrogen and oxygen atoms in total. The zero-order valence-electron chi connectivity index (χ0n) is 18.4. The summed E-state index contributed by atoms with van der Waals surface area (Å²) in [6.07, 6.45) is 3.86. The number of rotatable bonds is 9. The lowest BCUT2D eigenvalue weighted by molar-refractivity contribution is 0.230. The molecule has 2 N–H and O–H groups in total. The van der Waals surface area contributed by atoms with Crippen molar-refractivity contribution in [3.63, 3.8) is 0 Å². The van der Waals surface area contributed by atoms with Gasteiger partial charge in [-0.05, 0) is 57.7 Å². The first-order chi connectivity index (χ1) is 14.6. The zero-order chi connectivity index (χ0) is 21.3. The van der Waals surface area contributed by atoms with Crippen LogP contribution in [-0.2, 0) is 19.5 Å². The highest BCUT2D eigenvalue weighted by Gasteiger charge is 2.16. The molecular weight excluding hydrogens is 380 g/mol. The summed E-state index contributed by atoms with van der Waals surface area (Å²) in [5, 5.41) is 11.1. The second-order valence-electron chi connectivity index (χ2n) is 7.78. The summed E-state index contributed by atoms with van der Waals surface area (Å²) in [6.45, 7) is 9.57. The van der Waals surface area contributed by atoms with Crippen molar-refractivity contribution in [3.05, 3.63) is 46.1 Å². The fourth-order valence-corrected chi connectivity index (χ4v) is 3.55. The van der Waals surface area contributed by atoms with Gasteiger partial charge in [-0.15, -0.1) is 0 Å². The Hall–Kier alpha value is -2.77. The Kier molecular flexibility index (Phi) is 7.93. The Morgan fingerprint density at radius 2 is 2.20 bits per heavy atom. The van der Waals surface area contributed by atoms with Gasteiger partial charge in [0.25, 0.3) is 0 Å². The lowest BCUT2D eigenvalue weighted by atomic mass is 10.2.